The van der Waals surface area contributed by atoms with Crippen LogP contribution in [0.1, 0.15) is 123 Å². The van der Waals surface area contributed by atoms with E-state index in [9.17, 15) is 19.5 Å². The third-order valence-electron chi connectivity index (χ3n) is 7.51. The first-order valence-electron chi connectivity index (χ1n) is 17.7. The van der Waals surface area contributed by atoms with Gasteiger partial charge in [0.15, 0.2) is 12.1 Å². The highest BCUT2D eigenvalue weighted by Gasteiger charge is 2.31. The molecule has 0 aromatic rings. The molecule has 0 rings (SSSR count). The van der Waals surface area contributed by atoms with Gasteiger partial charge in [0, 0.05) is 19.3 Å². The zero-order chi connectivity index (χ0) is 34.3. The molecule has 0 aliphatic rings. The molecule has 0 saturated heterocycles. The highest BCUT2D eigenvalue weighted by Crippen LogP contribution is 2.12. The number of likely N-dealkylation sites (N-methyl/N-ethyl adjacent to an activating group) is 1. The van der Waals surface area contributed by atoms with E-state index in [4.69, 9.17) is 14.2 Å². The van der Waals surface area contributed by atoms with Gasteiger partial charge in [-0.15, -0.1) is 0 Å². The number of hydrogen-bond donors (Lipinski definition) is 1. The second kappa shape index (κ2) is 29.7. The molecule has 0 bridgehead atoms. The van der Waals surface area contributed by atoms with Crippen LogP contribution in [0, 0.1) is 0 Å². The van der Waals surface area contributed by atoms with Crippen molar-refractivity contribution in [3.05, 3.63) is 48.6 Å². The summed E-state index contributed by atoms with van der Waals surface area (Å²) in [5.41, 5.74) is 0. The van der Waals surface area contributed by atoms with Gasteiger partial charge in [-0.25, -0.2) is 4.79 Å². The maximum Gasteiger partial charge on any atom is 0.362 e. The molecule has 0 spiro atoms. The molecule has 0 aliphatic carbocycles. The molecule has 0 aliphatic heterocycles. The summed E-state index contributed by atoms with van der Waals surface area (Å²) in [6, 6.07) is -0.624. The number of ether oxygens (including phenoxy) is 3. The summed E-state index contributed by atoms with van der Waals surface area (Å²) < 4.78 is 17.0. The van der Waals surface area contributed by atoms with Crippen molar-refractivity contribution >= 4 is 17.9 Å². The molecule has 0 aromatic carbocycles. The van der Waals surface area contributed by atoms with Crippen LogP contribution in [-0.2, 0) is 28.6 Å². The van der Waals surface area contributed by atoms with E-state index < -0.39 is 18.1 Å². The zero-order valence-corrected chi connectivity index (χ0v) is 29.8. The van der Waals surface area contributed by atoms with Crippen LogP contribution < -0.4 is 0 Å². The van der Waals surface area contributed by atoms with Crippen LogP contribution >= 0.6 is 0 Å². The van der Waals surface area contributed by atoms with Crippen LogP contribution in [0.4, 0.5) is 0 Å². The summed E-state index contributed by atoms with van der Waals surface area (Å²) >= 11 is 0. The van der Waals surface area contributed by atoms with Crippen molar-refractivity contribution in [1.29, 1.82) is 0 Å². The average Bonchev–Trinajstić information content (AvgIpc) is 3.00. The topological polar surface area (TPSA) is 99.1 Å². The summed E-state index contributed by atoms with van der Waals surface area (Å²) in [6.07, 6.45) is 31.8. The van der Waals surface area contributed by atoms with E-state index in [1.54, 1.807) is 0 Å². The van der Waals surface area contributed by atoms with Gasteiger partial charge >= 0.3 is 17.9 Å². The van der Waals surface area contributed by atoms with E-state index in [1.165, 1.54) is 38.5 Å². The van der Waals surface area contributed by atoms with Crippen LogP contribution in [0.3, 0.4) is 0 Å². The third kappa shape index (κ3) is 27.6. The first-order chi connectivity index (χ1) is 22.1. The molecule has 1 N–H and O–H groups in total. The molecular formula is C38H66NO7+. The Kier molecular flexibility index (Phi) is 27.9. The van der Waals surface area contributed by atoms with Crippen molar-refractivity contribution in [2.24, 2.45) is 0 Å². The van der Waals surface area contributed by atoms with E-state index in [1.807, 2.05) is 33.3 Å². The zero-order valence-electron chi connectivity index (χ0n) is 29.8. The predicted molar refractivity (Wildman–Crippen MR) is 188 cm³/mol. The first kappa shape index (κ1) is 43.3. The Bertz CT molecular complexity index is 901. The van der Waals surface area contributed by atoms with Crippen molar-refractivity contribution in [2.45, 2.75) is 135 Å². The Morgan fingerprint density at radius 1 is 0.674 bits per heavy atom. The number of hydrogen-bond acceptors (Lipinski definition) is 6. The van der Waals surface area contributed by atoms with Gasteiger partial charge in [0.1, 0.15) is 6.61 Å². The van der Waals surface area contributed by atoms with Crippen molar-refractivity contribution in [3.63, 3.8) is 0 Å². The number of carboxylic acids is 1. The van der Waals surface area contributed by atoms with E-state index in [-0.39, 0.29) is 42.7 Å². The van der Waals surface area contributed by atoms with E-state index in [2.05, 4.69) is 50.3 Å². The van der Waals surface area contributed by atoms with Crippen LogP contribution in [0.15, 0.2) is 48.6 Å². The fourth-order valence-corrected chi connectivity index (χ4v) is 4.75. The molecular weight excluding hydrogens is 582 g/mol. The lowest BCUT2D eigenvalue weighted by Gasteiger charge is -2.31. The molecule has 46 heavy (non-hydrogen) atoms. The maximum absolute atomic E-state index is 12.6. The van der Waals surface area contributed by atoms with E-state index in [0.29, 0.717) is 19.3 Å². The van der Waals surface area contributed by atoms with Crippen molar-refractivity contribution in [2.75, 3.05) is 41.0 Å². The largest absolute Gasteiger partial charge is 0.477 e. The minimum atomic E-state index is -0.889. The van der Waals surface area contributed by atoms with Crippen molar-refractivity contribution < 1.29 is 38.2 Å². The maximum atomic E-state index is 12.6. The molecule has 0 aromatic heterocycles. The molecule has 2 atom stereocenters. The smallest absolute Gasteiger partial charge is 0.362 e. The van der Waals surface area contributed by atoms with Gasteiger partial charge in [-0.3, -0.25) is 9.59 Å². The van der Waals surface area contributed by atoms with Gasteiger partial charge in [0.25, 0.3) is 0 Å². The Balaban J connectivity index is 4.60. The normalized spacial score (nSPS) is 13.7. The standard InChI is InChI=1S/C38H65NO7/c1-6-8-10-12-14-16-17-18-19-21-23-25-27-29-37(41)46-34(32-44-31-30-35(38(42)43)39(3,4)5)33-45-36(40)28-26-24-22-20-15-13-11-9-7-2/h8,10,14,16,18-19,23,25,34-35H,6-7,9,11-13,15,17,20-22,24,26-33H2,1-5H3/p+1/b10-8-,16-14-,19-18-,25-23-. The lowest BCUT2D eigenvalue weighted by atomic mass is 10.1. The summed E-state index contributed by atoms with van der Waals surface area (Å²) in [6.45, 7) is 4.49. The van der Waals surface area contributed by atoms with Crippen molar-refractivity contribution in [3.8, 4) is 0 Å². The van der Waals surface area contributed by atoms with Gasteiger partial charge in [0.2, 0.25) is 0 Å². The van der Waals surface area contributed by atoms with Gasteiger partial charge < -0.3 is 23.8 Å². The number of carbonyl (C=O) groups excluding carboxylic acids is 2. The average molecular weight is 649 g/mol. The molecule has 0 heterocycles. The summed E-state index contributed by atoms with van der Waals surface area (Å²) in [4.78, 5) is 36.6. The number of allylic oxidation sites excluding steroid dienone is 8. The SMILES string of the molecule is CC/C=C\C/C=C\C/C=C\C/C=C\CCC(=O)OC(COCCC(C(=O)O)[N+](C)(C)C)COC(=O)CCCCCCCCCCC. The highest BCUT2D eigenvalue weighted by atomic mass is 16.6. The molecule has 8 nitrogen and oxygen atoms in total. The Morgan fingerprint density at radius 3 is 1.76 bits per heavy atom. The minimum absolute atomic E-state index is 0.0322. The van der Waals surface area contributed by atoms with Crippen molar-refractivity contribution in [1.82, 2.24) is 0 Å². The molecule has 0 fully saturated rings. The lowest BCUT2D eigenvalue weighted by Crippen LogP contribution is -2.50. The highest BCUT2D eigenvalue weighted by molar-refractivity contribution is 5.72. The fourth-order valence-electron chi connectivity index (χ4n) is 4.75. The first-order valence-corrected chi connectivity index (χ1v) is 17.7. The molecule has 0 radical (unpaired) electrons. The van der Waals surface area contributed by atoms with Gasteiger partial charge in [-0.05, 0) is 38.5 Å². The van der Waals surface area contributed by atoms with Crippen LogP contribution in [0.25, 0.3) is 0 Å². The number of esters is 2. The second-order valence-corrected chi connectivity index (χ2v) is 12.7. The number of aliphatic carboxylic acids is 1. The summed E-state index contributed by atoms with van der Waals surface area (Å²) in [5.74, 6) is -1.58. The third-order valence-corrected chi connectivity index (χ3v) is 7.51. The van der Waals surface area contributed by atoms with E-state index >= 15 is 0 Å². The Labute approximate surface area is 280 Å². The summed E-state index contributed by atoms with van der Waals surface area (Å²) in [5, 5.41) is 9.55. The molecule has 264 valence electrons. The lowest BCUT2D eigenvalue weighted by molar-refractivity contribution is -0.887. The van der Waals surface area contributed by atoms with Gasteiger partial charge in [-0.1, -0.05) is 114 Å². The van der Waals surface area contributed by atoms with Gasteiger partial charge in [-0.2, -0.15) is 0 Å². The molecule has 2 unspecified atom stereocenters. The minimum Gasteiger partial charge on any atom is -0.477 e. The Morgan fingerprint density at radius 2 is 1.22 bits per heavy atom. The van der Waals surface area contributed by atoms with Gasteiger partial charge in [0.05, 0.1) is 34.4 Å². The van der Waals surface area contributed by atoms with Crippen LogP contribution in [-0.4, -0.2) is 80.6 Å². The summed E-state index contributed by atoms with van der Waals surface area (Å²) in [7, 11) is 5.48. The predicted octanol–water partition coefficient (Wildman–Crippen LogP) is 8.51. The molecule has 8 heteroatoms. The number of carboxylic acid groups (broad SMARTS) is 1. The monoisotopic (exact) mass is 648 g/mol. The number of carbonyl (C=O) groups is 3. The quantitative estimate of drug-likeness (QED) is 0.0361. The fraction of sp³-hybridized carbons (Fsp3) is 0.711. The number of rotatable bonds is 30. The van der Waals surface area contributed by atoms with Crippen LogP contribution in [0.5, 0.6) is 0 Å². The second-order valence-electron chi connectivity index (χ2n) is 12.7. The van der Waals surface area contributed by atoms with E-state index in [0.717, 1.165) is 44.9 Å². The Hall–Kier alpha value is -2.71. The van der Waals surface area contributed by atoms with Crippen LogP contribution in [0.2, 0.25) is 0 Å². The number of nitrogens with zero attached hydrogens (tertiary/aromatic N) is 1. The number of quaternary nitrogens is 1. The number of unbranched alkanes of at least 4 members (excludes halogenated alkanes) is 8. The molecule has 0 amide bonds. The molecule has 0 saturated carbocycles.